The second-order valence-electron chi connectivity index (χ2n) is 10.7. The molecule has 2 bridgehead atoms. The molecule has 4 fully saturated rings. The zero-order valence-electron chi connectivity index (χ0n) is 20.1. The summed E-state index contributed by atoms with van der Waals surface area (Å²) in [5, 5.41) is 10.9. The van der Waals surface area contributed by atoms with Crippen LogP contribution in [0.1, 0.15) is 63.9 Å². The number of piperidine rings is 1. The molecule has 1 unspecified atom stereocenters. The largest absolute Gasteiger partial charge is 0.573 e. The molecular formula is C24H30F5N5O2. The van der Waals surface area contributed by atoms with Crippen molar-refractivity contribution in [2.75, 3.05) is 18.8 Å². The highest BCUT2D eigenvalue weighted by Crippen LogP contribution is 2.61. The summed E-state index contributed by atoms with van der Waals surface area (Å²) >= 11 is 0. The van der Waals surface area contributed by atoms with Crippen LogP contribution in [-0.2, 0) is 0 Å². The zero-order chi connectivity index (χ0) is 26.0. The lowest BCUT2D eigenvalue weighted by Crippen LogP contribution is -2.56. The molecule has 3 heterocycles. The Morgan fingerprint density at radius 3 is 2.44 bits per heavy atom. The predicted octanol–water partition coefficient (Wildman–Crippen LogP) is 4.94. The Kier molecular flexibility index (Phi) is 5.98. The highest BCUT2D eigenvalue weighted by Gasteiger charge is 2.60. The second-order valence-corrected chi connectivity index (χ2v) is 10.7. The number of ether oxygens (including phenoxy) is 1. The molecule has 12 heteroatoms. The van der Waals surface area contributed by atoms with Gasteiger partial charge in [0.1, 0.15) is 11.9 Å². The molecule has 6 rings (SSSR count). The Morgan fingerprint density at radius 1 is 1.17 bits per heavy atom. The summed E-state index contributed by atoms with van der Waals surface area (Å²) in [5.74, 6) is -3.05. The van der Waals surface area contributed by atoms with Gasteiger partial charge in [-0.05, 0) is 37.2 Å². The highest BCUT2D eigenvalue weighted by atomic mass is 19.4. The fourth-order valence-corrected chi connectivity index (χ4v) is 6.06. The van der Waals surface area contributed by atoms with Gasteiger partial charge in [-0.25, -0.2) is 18.7 Å². The third-order valence-electron chi connectivity index (χ3n) is 8.00. The van der Waals surface area contributed by atoms with E-state index < -0.39 is 30.0 Å². The molecule has 1 saturated heterocycles. The van der Waals surface area contributed by atoms with Gasteiger partial charge < -0.3 is 20.1 Å². The first kappa shape index (κ1) is 25.2. The van der Waals surface area contributed by atoms with E-state index in [9.17, 15) is 27.1 Å². The number of aliphatic hydroxyl groups is 1. The highest BCUT2D eigenvalue weighted by molar-refractivity contribution is 5.64. The number of alkyl halides is 5. The number of nitrogens with two attached hydrogens (primary N) is 1. The van der Waals surface area contributed by atoms with Crippen LogP contribution in [0, 0.1) is 11.8 Å². The van der Waals surface area contributed by atoms with Gasteiger partial charge in [-0.2, -0.15) is 0 Å². The Morgan fingerprint density at radius 2 is 1.83 bits per heavy atom. The SMILES string of the molecule is CC(C)[C@@H](O)c1nc(-c2cnc(N)c(OC(F)(F)F)c2)cn1C1CC2(N3CCC(F)(F)CC3)CC1C2. The number of anilines is 1. The third kappa shape index (κ3) is 4.53. The molecule has 0 amide bonds. The molecule has 2 aromatic heterocycles. The van der Waals surface area contributed by atoms with Crippen LogP contribution in [0.4, 0.5) is 27.8 Å². The van der Waals surface area contributed by atoms with Crippen molar-refractivity contribution >= 4 is 5.82 Å². The number of nitrogen functional groups attached to an aromatic ring is 1. The van der Waals surface area contributed by atoms with Crippen molar-refractivity contribution in [1.82, 2.24) is 19.4 Å². The van der Waals surface area contributed by atoms with Gasteiger partial charge in [0.2, 0.25) is 0 Å². The Labute approximate surface area is 205 Å². The van der Waals surface area contributed by atoms with Gasteiger partial charge in [-0.3, -0.25) is 4.90 Å². The standard InChI is InChI=1S/C24H30F5N5O2/c1-13(2)19(35)21-32-16(14-7-18(20(30)31-11-14)36-24(27,28)29)12-34(21)17-10-22(8-15(17)9-22)33-5-3-23(25,26)4-6-33/h7,11-13,15,17,19,35H,3-6,8-10H2,1-2H3,(H2,30,31)/t15?,17?,19-,22?/m1/s1. The lowest BCUT2D eigenvalue weighted by Gasteiger charge is -2.50. The maximum Gasteiger partial charge on any atom is 0.573 e. The van der Waals surface area contributed by atoms with Gasteiger partial charge >= 0.3 is 6.36 Å². The van der Waals surface area contributed by atoms with Crippen LogP contribution in [0.5, 0.6) is 5.75 Å². The van der Waals surface area contributed by atoms with Crippen molar-refractivity contribution in [3.05, 3.63) is 24.3 Å². The summed E-state index contributed by atoms with van der Waals surface area (Å²) in [4.78, 5) is 10.6. The van der Waals surface area contributed by atoms with Crippen LogP contribution in [0.2, 0.25) is 0 Å². The maximum atomic E-state index is 13.7. The van der Waals surface area contributed by atoms with E-state index >= 15 is 0 Å². The average molecular weight is 516 g/mol. The quantitative estimate of drug-likeness (QED) is 0.530. The number of rotatable bonds is 6. The predicted molar refractivity (Wildman–Crippen MR) is 121 cm³/mol. The summed E-state index contributed by atoms with van der Waals surface area (Å²) in [6.45, 7) is 4.44. The number of hydrogen-bond acceptors (Lipinski definition) is 6. The smallest absolute Gasteiger partial charge is 0.402 e. The Bertz CT molecular complexity index is 1120. The number of hydrogen-bond donors (Lipinski definition) is 2. The van der Waals surface area contributed by atoms with E-state index in [0.29, 0.717) is 30.5 Å². The Balaban J connectivity index is 1.45. The lowest BCUT2D eigenvalue weighted by molar-refractivity contribution is -0.274. The third-order valence-corrected chi connectivity index (χ3v) is 8.00. The summed E-state index contributed by atoms with van der Waals surface area (Å²) in [5.41, 5.74) is 6.06. The van der Waals surface area contributed by atoms with Gasteiger partial charge in [-0.1, -0.05) is 13.8 Å². The number of pyridine rings is 1. The summed E-state index contributed by atoms with van der Waals surface area (Å²) < 4.78 is 71.8. The molecule has 0 aromatic carbocycles. The molecule has 3 aliphatic carbocycles. The van der Waals surface area contributed by atoms with Crippen LogP contribution in [0.25, 0.3) is 11.3 Å². The number of nitrogens with zero attached hydrogens (tertiary/aromatic N) is 4. The van der Waals surface area contributed by atoms with Crippen LogP contribution in [-0.4, -0.2) is 55.5 Å². The van der Waals surface area contributed by atoms with Gasteiger partial charge in [0.05, 0.1) is 5.69 Å². The first-order valence-corrected chi connectivity index (χ1v) is 12.2. The Hall–Kier alpha value is -2.47. The number of aromatic nitrogens is 3. The van der Waals surface area contributed by atoms with E-state index in [-0.39, 0.29) is 35.9 Å². The monoisotopic (exact) mass is 515 g/mol. The van der Waals surface area contributed by atoms with Crippen molar-refractivity contribution in [3.63, 3.8) is 0 Å². The molecule has 1 aliphatic heterocycles. The van der Waals surface area contributed by atoms with Crippen molar-refractivity contribution in [2.45, 2.75) is 75.9 Å². The molecule has 2 aromatic rings. The van der Waals surface area contributed by atoms with E-state index in [2.05, 4.69) is 19.6 Å². The molecule has 0 spiro atoms. The van der Waals surface area contributed by atoms with Crippen molar-refractivity contribution in [3.8, 4) is 17.0 Å². The molecule has 0 radical (unpaired) electrons. The molecule has 36 heavy (non-hydrogen) atoms. The molecule has 3 N–H and O–H groups in total. The van der Waals surface area contributed by atoms with Crippen LogP contribution in [0.3, 0.4) is 0 Å². The number of aliphatic hydroxyl groups excluding tert-OH is 1. The number of imidazole rings is 1. The van der Waals surface area contributed by atoms with Crippen molar-refractivity contribution in [2.24, 2.45) is 11.8 Å². The first-order chi connectivity index (χ1) is 16.8. The summed E-state index contributed by atoms with van der Waals surface area (Å²) in [7, 11) is 0. The minimum absolute atomic E-state index is 0.00437. The number of halogens is 5. The second kappa shape index (κ2) is 8.54. The normalized spacial score (nSPS) is 28.8. The minimum atomic E-state index is -4.93. The average Bonchev–Trinajstić information content (AvgIpc) is 3.45. The van der Waals surface area contributed by atoms with Crippen LogP contribution >= 0.6 is 0 Å². The minimum Gasteiger partial charge on any atom is -0.402 e. The molecule has 4 aliphatic rings. The van der Waals surface area contributed by atoms with Crippen LogP contribution < -0.4 is 10.5 Å². The van der Waals surface area contributed by atoms with Crippen molar-refractivity contribution < 1.29 is 31.8 Å². The summed E-state index contributed by atoms with van der Waals surface area (Å²) in [6, 6.07) is 1.14. The molecule has 198 valence electrons. The molecule has 7 nitrogen and oxygen atoms in total. The van der Waals surface area contributed by atoms with Crippen LogP contribution in [0.15, 0.2) is 18.5 Å². The maximum absolute atomic E-state index is 13.7. The van der Waals surface area contributed by atoms with E-state index in [0.717, 1.165) is 25.3 Å². The molecule has 3 saturated carbocycles. The fourth-order valence-electron chi connectivity index (χ4n) is 6.06. The van der Waals surface area contributed by atoms with Gasteiger partial charge in [0.15, 0.2) is 11.6 Å². The first-order valence-electron chi connectivity index (χ1n) is 12.2. The van der Waals surface area contributed by atoms with E-state index in [1.165, 1.54) is 6.20 Å². The van der Waals surface area contributed by atoms with Gasteiger partial charge in [-0.15, -0.1) is 13.2 Å². The van der Waals surface area contributed by atoms with Gasteiger partial charge in [0, 0.05) is 55.5 Å². The summed E-state index contributed by atoms with van der Waals surface area (Å²) in [6.07, 6.45) is -0.512. The number of likely N-dealkylation sites (tertiary alicyclic amines) is 1. The molecular weight excluding hydrogens is 485 g/mol. The zero-order valence-corrected chi connectivity index (χ0v) is 20.1. The fraction of sp³-hybridized carbons (Fsp3) is 0.667. The lowest BCUT2D eigenvalue weighted by atomic mass is 9.74. The molecule has 2 atom stereocenters. The van der Waals surface area contributed by atoms with E-state index in [1.807, 2.05) is 18.4 Å². The topological polar surface area (TPSA) is 89.4 Å². The van der Waals surface area contributed by atoms with Gasteiger partial charge in [0.25, 0.3) is 5.92 Å². The van der Waals surface area contributed by atoms with E-state index in [1.54, 1.807) is 6.20 Å². The van der Waals surface area contributed by atoms with Crippen molar-refractivity contribution in [1.29, 1.82) is 0 Å². The van der Waals surface area contributed by atoms with E-state index in [4.69, 9.17) is 5.73 Å². The number of fused-ring (bicyclic) bond motifs is 1.